The molecule has 0 radical (unpaired) electrons. The average Bonchev–Trinajstić information content (AvgIpc) is 3.01. The molecular formula is C17H19N3O2S. The van der Waals surface area contributed by atoms with Gasteiger partial charge in [-0.2, -0.15) is 5.26 Å². The number of thiophene rings is 1. The molecule has 1 amide bonds. The zero-order valence-corrected chi connectivity index (χ0v) is 14.2. The standard InChI is InChI=1S/C17H19N3O2S/c1-10-13(11(2)20-17(22)14(10)9-18)6-7-16(21)19-12(3)15-5-4-8-23-15/h4-5,8,12H,6-7H2,1-3H3,(H,19,21)(H,20,22). The second-order valence-electron chi connectivity index (χ2n) is 5.47. The van der Waals surface area contributed by atoms with Crippen LogP contribution in [0.3, 0.4) is 0 Å². The van der Waals surface area contributed by atoms with Crippen LogP contribution in [0.2, 0.25) is 0 Å². The van der Waals surface area contributed by atoms with Crippen molar-refractivity contribution >= 4 is 17.2 Å². The van der Waals surface area contributed by atoms with Crippen molar-refractivity contribution in [1.29, 1.82) is 5.26 Å². The van der Waals surface area contributed by atoms with Crippen molar-refractivity contribution in [2.45, 2.75) is 39.7 Å². The number of nitrogens with one attached hydrogen (secondary N) is 2. The summed E-state index contributed by atoms with van der Waals surface area (Å²) in [6.45, 7) is 5.49. The molecule has 0 aliphatic rings. The van der Waals surface area contributed by atoms with Crippen LogP contribution in [-0.2, 0) is 11.2 Å². The summed E-state index contributed by atoms with van der Waals surface area (Å²) in [5.74, 6) is -0.0468. The highest BCUT2D eigenvalue weighted by atomic mass is 32.1. The highest BCUT2D eigenvalue weighted by Gasteiger charge is 2.15. The molecule has 0 saturated heterocycles. The first-order valence-electron chi connectivity index (χ1n) is 7.39. The predicted molar refractivity (Wildman–Crippen MR) is 90.4 cm³/mol. The van der Waals surface area contributed by atoms with Gasteiger partial charge in [0.2, 0.25) is 5.91 Å². The third-order valence-electron chi connectivity index (χ3n) is 3.87. The first-order chi connectivity index (χ1) is 10.9. The van der Waals surface area contributed by atoms with Gasteiger partial charge in [-0.1, -0.05) is 6.07 Å². The van der Waals surface area contributed by atoms with Gasteiger partial charge in [-0.3, -0.25) is 9.59 Å². The van der Waals surface area contributed by atoms with E-state index in [1.807, 2.05) is 30.5 Å². The quantitative estimate of drug-likeness (QED) is 0.884. The molecule has 1 atom stereocenters. The van der Waals surface area contributed by atoms with Gasteiger partial charge in [-0.25, -0.2) is 0 Å². The lowest BCUT2D eigenvalue weighted by atomic mass is 9.99. The van der Waals surface area contributed by atoms with Crippen molar-refractivity contribution < 1.29 is 4.79 Å². The van der Waals surface area contributed by atoms with E-state index in [9.17, 15) is 9.59 Å². The van der Waals surface area contributed by atoms with Gasteiger partial charge in [0.25, 0.3) is 5.56 Å². The highest BCUT2D eigenvalue weighted by Crippen LogP contribution is 2.19. The Bertz CT molecular complexity index is 800. The number of nitriles is 1. The van der Waals surface area contributed by atoms with Crippen LogP contribution in [0.15, 0.2) is 22.3 Å². The Hall–Kier alpha value is -2.39. The molecule has 0 aliphatic heterocycles. The van der Waals surface area contributed by atoms with Gasteiger partial charge >= 0.3 is 0 Å². The molecule has 0 aliphatic carbocycles. The summed E-state index contributed by atoms with van der Waals surface area (Å²) in [6.07, 6.45) is 0.806. The first-order valence-corrected chi connectivity index (χ1v) is 8.27. The summed E-state index contributed by atoms with van der Waals surface area (Å²) in [7, 11) is 0. The molecule has 2 rings (SSSR count). The minimum absolute atomic E-state index is 0.0186. The number of hydrogen-bond acceptors (Lipinski definition) is 4. The number of nitrogens with zero attached hydrogens (tertiary/aromatic N) is 1. The van der Waals surface area contributed by atoms with Crippen molar-refractivity contribution in [3.05, 3.63) is 55.1 Å². The molecule has 23 heavy (non-hydrogen) atoms. The zero-order chi connectivity index (χ0) is 17.0. The fourth-order valence-electron chi connectivity index (χ4n) is 2.58. The van der Waals surface area contributed by atoms with Gasteiger partial charge in [0.1, 0.15) is 11.6 Å². The molecule has 0 saturated carbocycles. The summed E-state index contributed by atoms with van der Waals surface area (Å²) < 4.78 is 0. The Kier molecular flexibility index (Phi) is 5.35. The van der Waals surface area contributed by atoms with Crippen LogP contribution in [0.4, 0.5) is 0 Å². The molecule has 1 unspecified atom stereocenters. The topological polar surface area (TPSA) is 85.8 Å². The van der Waals surface area contributed by atoms with Crippen molar-refractivity contribution in [1.82, 2.24) is 10.3 Å². The number of hydrogen-bond donors (Lipinski definition) is 2. The van der Waals surface area contributed by atoms with E-state index >= 15 is 0 Å². The normalized spacial score (nSPS) is 11.7. The van der Waals surface area contributed by atoms with E-state index in [0.717, 1.165) is 10.4 Å². The van der Waals surface area contributed by atoms with E-state index in [1.54, 1.807) is 25.2 Å². The number of aromatic nitrogens is 1. The predicted octanol–water partition coefficient (Wildman–Crippen LogP) is 2.73. The summed E-state index contributed by atoms with van der Waals surface area (Å²) in [4.78, 5) is 27.6. The third kappa shape index (κ3) is 3.88. The van der Waals surface area contributed by atoms with Crippen molar-refractivity contribution in [2.24, 2.45) is 0 Å². The number of carbonyl (C=O) groups is 1. The fourth-order valence-corrected chi connectivity index (χ4v) is 3.32. The van der Waals surface area contributed by atoms with E-state index in [1.165, 1.54) is 0 Å². The smallest absolute Gasteiger partial charge is 0.266 e. The summed E-state index contributed by atoms with van der Waals surface area (Å²) in [5, 5.41) is 14.0. The van der Waals surface area contributed by atoms with E-state index in [4.69, 9.17) is 5.26 Å². The molecule has 0 aromatic carbocycles. The Morgan fingerprint density at radius 2 is 2.22 bits per heavy atom. The van der Waals surface area contributed by atoms with Crippen LogP contribution in [0.5, 0.6) is 0 Å². The molecule has 5 nitrogen and oxygen atoms in total. The SMILES string of the molecule is Cc1[nH]c(=O)c(C#N)c(C)c1CCC(=O)NC(C)c1cccs1. The second kappa shape index (κ2) is 7.25. The first kappa shape index (κ1) is 17.0. The maximum absolute atomic E-state index is 12.1. The Morgan fingerprint density at radius 3 is 2.83 bits per heavy atom. The molecule has 6 heteroatoms. The van der Waals surface area contributed by atoms with Crippen LogP contribution in [-0.4, -0.2) is 10.9 Å². The van der Waals surface area contributed by atoms with Crippen molar-refractivity contribution in [3.63, 3.8) is 0 Å². The van der Waals surface area contributed by atoms with Gasteiger partial charge in [0.15, 0.2) is 0 Å². The maximum atomic E-state index is 12.1. The van der Waals surface area contributed by atoms with E-state index in [-0.39, 0.29) is 23.1 Å². The van der Waals surface area contributed by atoms with Crippen LogP contribution in [0, 0.1) is 25.2 Å². The Labute approximate surface area is 139 Å². The largest absolute Gasteiger partial charge is 0.349 e. The number of rotatable bonds is 5. The highest BCUT2D eigenvalue weighted by molar-refractivity contribution is 7.10. The van der Waals surface area contributed by atoms with Gasteiger partial charge in [0.05, 0.1) is 6.04 Å². The lowest BCUT2D eigenvalue weighted by Gasteiger charge is -2.14. The second-order valence-corrected chi connectivity index (χ2v) is 6.45. The van der Waals surface area contributed by atoms with Crippen LogP contribution < -0.4 is 10.9 Å². The van der Waals surface area contributed by atoms with E-state index in [0.29, 0.717) is 24.1 Å². The maximum Gasteiger partial charge on any atom is 0.266 e. The van der Waals surface area contributed by atoms with E-state index < -0.39 is 0 Å². The van der Waals surface area contributed by atoms with Crippen molar-refractivity contribution in [2.75, 3.05) is 0 Å². The molecule has 2 aromatic heterocycles. The molecule has 120 valence electrons. The van der Waals surface area contributed by atoms with E-state index in [2.05, 4.69) is 10.3 Å². The molecule has 0 bridgehead atoms. The van der Waals surface area contributed by atoms with Crippen molar-refractivity contribution in [3.8, 4) is 6.07 Å². The molecular weight excluding hydrogens is 310 g/mol. The Morgan fingerprint density at radius 1 is 1.48 bits per heavy atom. The molecule has 2 heterocycles. The third-order valence-corrected chi connectivity index (χ3v) is 4.92. The number of H-pyrrole nitrogens is 1. The molecule has 0 fully saturated rings. The minimum atomic E-state index is -0.373. The zero-order valence-electron chi connectivity index (χ0n) is 13.4. The summed E-state index contributed by atoms with van der Waals surface area (Å²) in [6, 6.07) is 5.86. The van der Waals surface area contributed by atoms with Crippen LogP contribution in [0.25, 0.3) is 0 Å². The summed E-state index contributed by atoms with van der Waals surface area (Å²) in [5.41, 5.74) is 1.98. The lowest BCUT2D eigenvalue weighted by Crippen LogP contribution is -2.26. The summed E-state index contributed by atoms with van der Waals surface area (Å²) >= 11 is 1.61. The monoisotopic (exact) mass is 329 g/mol. The van der Waals surface area contributed by atoms with Gasteiger partial charge < -0.3 is 10.3 Å². The number of amides is 1. The lowest BCUT2D eigenvalue weighted by molar-refractivity contribution is -0.121. The number of carbonyl (C=O) groups excluding carboxylic acids is 1. The molecule has 2 N–H and O–H groups in total. The number of aryl methyl sites for hydroxylation is 1. The average molecular weight is 329 g/mol. The number of pyridine rings is 1. The van der Waals surface area contributed by atoms with Gasteiger partial charge in [-0.05, 0) is 49.8 Å². The van der Waals surface area contributed by atoms with Gasteiger partial charge in [-0.15, -0.1) is 11.3 Å². The van der Waals surface area contributed by atoms with Crippen LogP contribution >= 0.6 is 11.3 Å². The number of aromatic amines is 1. The molecule has 2 aromatic rings. The Balaban J connectivity index is 2.05. The minimum Gasteiger partial charge on any atom is -0.349 e. The fraction of sp³-hybridized carbons (Fsp3) is 0.353. The van der Waals surface area contributed by atoms with Crippen LogP contribution in [0.1, 0.15) is 46.6 Å². The van der Waals surface area contributed by atoms with Gasteiger partial charge in [0, 0.05) is 17.0 Å². The molecule has 0 spiro atoms.